The molecule has 1 unspecified atom stereocenters. The van der Waals surface area contributed by atoms with E-state index in [9.17, 15) is 4.79 Å². The van der Waals surface area contributed by atoms with Crippen molar-refractivity contribution in [3.8, 4) is 0 Å². The standard InChI is InChI=1S/C11H18BrN3O/c1-7(5-6-12)13-11(16)10-8(2)14-15(4)9(10)3/h7H,5-6H2,1-4H3,(H,13,16). The molecule has 0 fully saturated rings. The van der Waals surface area contributed by atoms with Crippen molar-refractivity contribution in [2.45, 2.75) is 33.2 Å². The number of rotatable bonds is 4. The number of aryl methyl sites for hydroxylation is 2. The Hall–Kier alpha value is -0.840. The molecule has 1 N–H and O–H groups in total. The lowest BCUT2D eigenvalue weighted by Crippen LogP contribution is -2.33. The van der Waals surface area contributed by atoms with Gasteiger partial charge in [-0.1, -0.05) is 15.9 Å². The van der Waals surface area contributed by atoms with Crippen molar-refractivity contribution < 1.29 is 4.79 Å². The zero-order valence-corrected chi connectivity index (χ0v) is 11.8. The van der Waals surface area contributed by atoms with Gasteiger partial charge in [0, 0.05) is 24.1 Å². The summed E-state index contributed by atoms with van der Waals surface area (Å²) in [6, 6.07) is 0.172. The molecule has 16 heavy (non-hydrogen) atoms. The molecule has 0 saturated carbocycles. The van der Waals surface area contributed by atoms with Crippen LogP contribution < -0.4 is 5.32 Å². The van der Waals surface area contributed by atoms with Gasteiger partial charge in [0.15, 0.2) is 0 Å². The molecule has 1 atom stereocenters. The van der Waals surface area contributed by atoms with E-state index in [0.29, 0.717) is 5.56 Å². The minimum absolute atomic E-state index is 0.0310. The van der Waals surface area contributed by atoms with Crippen LogP contribution in [0.5, 0.6) is 0 Å². The molecule has 0 aliphatic carbocycles. The third kappa shape index (κ3) is 2.84. The number of carbonyl (C=O) groups excluding carboxylic acids is 1. The molecule has 1 amide bonds. The van der Waals surface area contributed by atoms with Crippen LogP contribution in [0, 0.1) is 13.8 Å². The highest BCUT2D eigenvalue weighted by molar-refractivity contribution is 9.09. The summed E-state index contributed by atoms with van der Waals surface area (Å²) in [4.78, 5) is 12.0. The van der Waals surface area contributed by atoms with Crippen molar-refractivity contribution in [2.24, 2.45) is 7.05 Å². The lowest BCUT2D eigenvalue weighted by Gasteiger charge is -2.12. The smallest absolute Gasteiger partial charge is 0.255 e. The molecule has 0 aliphatic heterocycles. The lowest BCUT2D eigenvalue weighted by molar-refractivity contribution is 0.0938. The predicted octanol–water partition coefficient (Wildman–Crippen LogP) is 1.94. The monoisotopic (exact) mass is 287 g/mol. The zero-order valence-electron chi connectivity index (χ0n) is 10.2. The second-order valence-corrected chi connectivity index (χ2v) is 4.81. The van der Waals surface area contributed by atoms with Crippen LogP contribution in [0.4, 0.5) is 0 Å². The van der Waals surface area contributed by atoms with E-state index < -0.39 is 0 Å². The normalized spacial score (nSPS) is 12.6. The van der Waals surface area contributed by atoms with E-state index in [4.69, 9.17) is 0 Å². The number of hydrogen-bond acceptors (Lipinski definition) is 2. The van der Waals surface area contributed by atoms with Crippen molar-refractivity contribution in [3.05, 3.63) is 17.0 Å². The summed E-state index contributed by atoms with van der Waals surface area (Å²) in [7, 11) is 1.85. The van der Waals surface area contributed by atoms with E-state index in [1.807, 2.05) is 27.8 Å². The number of amides is 1. The topological polar surface area (TPSA) is 46.9 Å². The molecule has 0 aliphatic rings. The molecule has 0 bridgehead atoms. The van der Waals surface area contributed by atoms with Crippen LogP contribution in [-0.4, -0.2) is 27.1 Å². The molecule has 1 aromatic heterocycles. The molecule has 0 saturated heterocycles. The number of aromatic nitrogens is 2. The SMILES string of the molecule is Cc1nn(C)c(C)c1C(=O)NC(C)CCBr. The number of nitrogens with one attached hydrogen (secondary N) is 1. The minimum atomic E-state index is -0.0310. The number of carbonyl (C=O) groups is 1. The second-order valence-electron chi connectivity index (χ2n) is 4.02. The molecule has 90 valence electrons. The Balaban J connectivity index is 2.80. The Morgan fingerprint density at radius 3 is 2.62 bits per heavy atom. The van der Waals surface area contributed by atoms with Crippen molar-refractivity contribution in [1.82, 2.24) is 15.1 Å². The Morgan fingerprint density at radius 2 is 2.19 bits per heavy atom. The van der Waals surface area contributed by atoms with E-state index >= 15 is 0 Å². The number of hydrogen-bond donors (Lipinski definition) is 1. The quantitative estimate of drug-likeness (QED) is 0.861. The van der Waals surface area contributed by atoms with E-state index in [1.165, 1.54) is 0 Å². The highest BCUT2D eigenvalue weighted by Gasteiger charge is 2.18. The van der Waals surface area contributed by atoms with Gasteiger partial charge < -0.3 is 5.32 Å². The summed E-state index contributed by atoms with van der Waals surface area (Å²) in [5.74, 6) is -0.0310. The maximum absolute atomic E-state index is 12.0. The van der Waals surface area contributed by atoms with Gasteiger partial charge in [0.25, 0.3) is 5.91 Å². The summed E-state index contributed by atoms with van der Waals surface area (Å²) in [6.07, 6.45) is 0.921. The van der Waals surface area contributed by atoms with Crippen LogP contribution in [0.2, 0.25) is 0 Å². The molecule has 1 aromatic rings. The van der Waals surface area contributed by atoms with Gasteiger partial charge in [-0.05, 0) is 27.2 Å². The predicted molar refractivity (Wildman–Crippen MR) is 68.0 cm³/mol. The van der Waals surface area contributed by atoms with Crippen LogP contribution in [-0.2, 0) is 7.05 Å². The van der Waals surface area contributed by atoms with Gasteiger partial charge in [-0.15, -0.1) is 0 Å². The first-order valence-electron chi connectivity index (χ1n) is 5.34. The van der Waals surface area contributed by atoms with Gasteiger partial charge in [0.2, 0.25) is 0 Å². The fraction of sp³-hybridized carbons (Fsp3) is 0.636. The van der Waals surface area contributed by atoms with E-state index in [-0.39, 0.29) is 11.9 Å². The first kappa shape index (κ1) is 13.2. The fourth-order valence-corrected chi connectivity index (χ4v) is 2.32. The Bertz CT molecular complexity index is 387. The highest BCUT2D eigenvalue weighted by atomic mass is 79.9. The van der Waals surface area contributed by atoms with Crippen LogP contribution in [0.3, 0.4) is 0 Å². The number of nitrogens with zero attached hydrogens (tertiary/aromatic N) is 2. The van der Waals surface area contributed by atoms with E-state index in [1.54, 1.807) is 4.68 Å². The van der Waals surface area contributed by atoms with E-state index in [2.05, 4.69) is 26.3 Å². The fourth-order valence-electron chi connectivity index (χ4n) is 1.63. The molecular weight excluding hydrogens is 270 g/mol. The van der Waals surface area contributed by atoms with Crippen LogP contribution >= 0.6 is 15.9 Å². The molecule has 0 aromatic carbocycles. The lowest BCUT2D eigenvalue weighted by atomic mass is 10.1. The maximum Gasteiger partial charge on any atom is 0.255 e. The van der Waals surface area contributed by atoms with Gasteiger partial charge in [0.05, 0.1) is 11.3 Å². The maximum atomic E-state index is 12.0. The van der Waals surface area contributed by atoms with Gasteiger partial charge in [0.1, 0.15) is 0 Å². The third-order valence-electron chi connectivity index (χ3n) is 2.66. The van der Waals surface area contributed by atoms with E-state index in [0.717, 1.165) is 23.1 Å². The first-order valence-corrected chi connectivity index (χ1v) is 6.46. The van der Waals surface area contributed by atoms with Gasteiger partial charge in [-0.2, -0.15) is 5.10 Å². The molecule has 4 nitrogen and oxygen atoms in total. The third-order valence-corrected chi connectivity index (χ3v) is 3.11. The number of alkyl halides is 1. The largest absolute Gasteiger partial charge is 0.349 e. The Morgan fingerprint density at radius 1 is 1.56 bits per heavy atom. The summed E-state index contributed by atoms with van der Waals surface area (Å²) in [6.45, 7) is 5.77. The molecule has 5 heteroatoms. The molecule has 0 spiro atoms. The van der Waals surface area contributed by atoms with Gasteiger partial charge >= 0.3 is 0 Å². The zero-order chi connectivity index (χ0) is 12.3. The van der Waals surface area contributed by atoms with Crippen molar-refractivity contribution in [2.75, 3.05) is 5.33 Å². The van der Waals surface area contributed by atoms with Crippen LogP contribution in [0.1, 0.15) is 35.1 Å². The van der Waals surface area contributed by atoms with Gasteiger partial charge in [-0.25, -0.2) is 0 Å². The van der Waals surface area contributed by atoms with Crippen molar-refractivity contribution in [1.29, 1.82) is 0 Å². The number of halogens is 1. The summed E-state index contributed by atoms with van der Waals surface area (Å²) < 4.78 is 1.74. The first-order chi connectivity index (χ1) is 7.47. The molecule has 1 rings (SSSR count). The summed E-state index contributed by atoms with van der Waals surface area (Å²) in [5.41, 5.74) is 2.38. The highest BCUT2D eigenvalue weighted by Crippen LogP contribution is 2.12. The summed E-state index contributed by atoms with van der Waals surface area (Å²) in [5, 5.41) is 8.09. The molecule has 1 heterocycles. The van der Waals surface area contributed by atoms with Crippen molar-refractivity contribution in [3.63, 3.8) is 0 Å². The average Bonchev–Trinajstić information content (AvgIpc) is 2.41. The molecule has 0 radical (unpaired) electrons. The van der Waals surface area contributed by atoms with Crippen molar-refractivity contribution >= 4 is 21.8 Å². The second kappa shape index (κ2) is 5.48. The summed E-state index contributed by atoms with van der Waals surface area (Å²) >= 11 is 3.36. The van der Waals surface area contributed by atoms with Crippen LogP contribution in [0.15, 0.2) is 0 Å². The Labute approximate surface area is 105 Å². The molecular formula is C11H18BrN3O. The average molecular weight is 288 g/mol. The Kier molecular flexibility index (Phi) is 4.53. The van der Waals surface area contributed by atoms with Crippen LogP contribution in [0.25, 0.3) is 0 Å². The minimum Gasteiger partial charge on any atom is -0.349 e. The van der Waals surface area contributed by atoms with Gasteiger partial charge in [-0.3, -0.25) is 9.48 Å².